The minimum absolute atomic E-state index is 0.108. The number of hydrogen-bond acceptors (Lipinski definition) is 7. The summed E-state index contributed by atoms with van der Waals surface area (Å²) < 4.78 is 29.4. The Balaban J connectivity index is 1.83. The van der Waals surface area contributed by atoms with Crippen LogP contribution in [0.15, 0.2) is 71.6 Å². The molecule has 0 atom stereocenters. The van der Waals surface area contributed by atoms with Gasteiger partial charge in [-0.25, -0.2) is 19.3 Å². The van der Waals surface area contributed by atoms with Gasteiger partial charge in [0.25, 0.3) is 0 Å². The van der Waals surface area contributed by atoms with E-state index >= 15 is 0 Å². The highest BCUT2D eigenvalue weighted by Crippen LogP contribution is 2.41. The molecular weight excluding hydrogens is 415 g/mol. The van der Waals surface area contributed by atoms with Gasteiger partial charge in [-0.1, -0.05) is 5.16 Å². The number of halogens is 1. The molecule has 0 aliphatic rings. The molecule has 162 valence electrons. The van der Waals surface area contributed by atoms with Gasteiger partial charge in [-0.2, -0.15) is 0 Å². The van der Waals surface area contributed by atoms with Crippen molar-refractivity contribution >= 4 is 17.5 Å². The van der Waals surface area contributed by atoms with Gasteiger partial charge in [-0.15, -0.1) is 0 Å². The number of nitrogens with zero attached hydrogens (tertiary/aromatic N) is 4. The Morgan fingerprint density at radius 1 is 1.09 bits per heavy atom. The van der Waals surface area contributed by atoms with Crippen molar-refractivity contribution in [3.63, 3.8) is 0 Å². The van der Waals surface area contributed by atoms with E-state index in [-0.39, 0.29) is 24.4 Å². The van der Waals surface area contributed by atoms with Gasteiger partial charge in [0, 0.05) is 25.8 Å². The highest BCUT2D eigenvalue weighted by atomic mass is 19.1. The van der Waals surface area contributed by atoms with Crippen LogP contribution in [0.2, 0.25) is 0 Å². The largest absolute Gasteiger partial charge is 0.468 e. The summed E-state index contributed by atoms with van der Waals surface area (Å²) in [7, 11) is 1.53. The molecule has 0 bridgehead atoms. The molecule has 1 amide bonds. The van der Waals surface area contributed by atoms with Gasteiger partial charge in [0.2, 0.25) is 11.8 Å². The van der Waals surface area contributed by atoms with Crippen LogP contribution < -0.4 is 9.64 Å². The summed E-state index contributed by atoms with van der Waals surface area (Å²) in [6, 6.07) is 14.4. The third kappa shape index (κ3) is 4.33. The number of methoxy groups -OCH3 is 1. The molecular formula is C23H19FN4O4. The van der Waals surface area contributed by atoms with E-state index in [4.69, 9.17) is 14.0 Å². The predicted molar refractivity (Wildman–Crippen MR) is 115 cm³/mol. The maximum absolute atomic E-state index is 13.5. The molecule has 0 aliphatic heterocycles. The molecule has 0 radical (unpaired) electrons. The molecule has 0 N–H and O–H groups in total. The van der Waals surface area contributed by atoms with E-state index in [0.29, 0.717) is 34.0 Å². The third-order valence-electron chi connectivity index (χ3n) is 4.59. The molecule has 2 heterocycles. The van der Waals surface area contributed by atoms with E-state index in [1.54, 1.807) is 48.7 Å². The first-order valence-corrected chi connectivity index (χ1v) is 9.63. The lowest BCUT2D eigenvalue weighted by molar-refractivity contribution is -0.116. The lowest BCUT2D eigenvalue weighted by atomic mass is 10.0. The van der Waals surface area contributed by atoms with E-state index < -0.39 is 0 Å². The van der Waals surface area contributed by atoms with Crippen LogP contribution in [0.1, 0.15) is 6.92 Å². The smallest absolute Gasteiger partial charge is 0.248 e. The molecule has 32 heavy (non-hydrogen) atoms. The number of carbonyl (C=O) groups is 1. The Hall–Kier alpha value is -4.11. The van der Waals surface area contributed by atoms with Crippen LogP contribution in [0.3, 0.4) is 0 Å². The number of rotatable bonds is 7. The van der Waals surface area contributed by atoms with Crippen LogP contribution in [-0.4, -0.2) is 34.9 Å². The van der Waals surface area contributed by atoms with Crippen molar-refractivity contribution < 1.29 is 23.2 Å². The molecule has 0 spiro atoms. The number of anilines is 2. The lowest BCUT2D eigenvalue weighted by Gasteiger charge is -2.19. The average Bonchev–Trinajstić information content (AvgIpc) is 3.24. The van der Waals surface area contributed by atoms with E-state index in [0.717, 1.165) is 0 Å². The summed E-state index contributed by atoms with van der Waals surface area (Å²) >= 11 is 0. The molecule has 4 aromatic rings. The zero-order valence-electron chi connectivity index (χ0n) is 17.4. The standard InChI is InChI=1S/C23H19FN4O4/c1-15(29)28(18-7-9-19(10-8-18)31-14-30-2)23-21(20-11-12-25-13-26-20)22(27-32-23)16-3-5-17(24)6-4-16/h3-13H,14H2,1-2H3. The number of aromatic nitrogens is 3. The van der Waals surface area contributed by atoms with Crippen molar-refractivity contribution in [1.29, 1.82) is 0 Å². The molecule has 0 fully saturated rings. The van der Waals surface area contributed by atoms with Crippen molar-refractivity contribution in [3.8, 4) is 28.3 Å². The zero-order valence-corrected chi connectivity index (χ0v) is 17.4. The first-order valence-electron chi connectivity index (χ1n) is 9.63. The molecule has 8 nitrogen and oxygen atoms in total. The van der Waals surface area contributed by atoms with Gasteiger partial charge >= 0.3 is 0 Å². The van der Waals surface area contributed by atoms with Crippen LogP contribution in [0.4, 0.5) is 16.0 Å². The van der Waals surface area contributed by atoms with Gasteiger partial charge < -0.3 is 14.0 Å². The van der Waals surface area contributed by atoms with E-state index in [1.807, 2.05) is 0 Å². The number of hydrogen-bond donors (Lipinski definition) is 0. The van der Waals surface area contributed by atoms with Crippen LogP contribution in [0.5, 0.6) is 5.75 Å². The molecule has 2 aromatic heterocycles. The maximum Gasteiger partial charge on any atom is 0.248 e. The molecule has 4 rings (SSSR count). The predicted octanol–water partition coefficient (Wildman–Crippen LogP) is 4.61. The van der Waals surface area contributed by atoms with Crippen molar-refractivity contribution in [2.24, 2.45) is 0 Å². The third-order valence-corrected chi connectivity index (χ3v) is 4.59. The first-order chi connectivity index (χ1) is 15.6. The van der Waals surface area contributed by atoms with Gasteiger partial charge in [0.05, 0.1) is 16.9 Å². The summed E-state index contributed by atoms with van der Waals surface area (Å²) in [6.45, 7) is 1.52. The molecule has 0 aliphatic carbocycles. The van der Waals surface area contributed by atoms with Crippen molar-refractivity contribution in [3.05, 3.63) is 72.9 Å². The Kier molecular flexibility index (Phi) is 6.18. The van der Waals surface area contributed by atoms with Gasteiger partial charge in [-0.05, 0) is 54.6 Å². The van der Waals surface area contributed by atoms with Crippen LogP contribution in [0.25, 0.3) is 22.5 Å². The van der Waals surface area contributed by atoms with E-state index in [1.165, 1.54) is 37.4 Å². The summed E-state index contributed by atoms with van der Waals surface area (Å²) in [5.41, 5.74) is 2.56. The fourth-order valence-corrected chi connectivity index (χ4v) is 3.17. The lowest BCUT2D eigenvalue weighted by Crippen LogP contribution is -2.22. The topological polar surface area (TPSA) is 90.6 Å². The highest BCUT2D eigenvalue weighted by molar-refractivity contribution is 6.02. The highest BCUT2D eigenvalue weighted by Gasteiger charge is 2.28. The second-order valence-electron chi connectivity index (χ2n) is 6.71. The van der Waals surface area contributed by atoms with E-state index in [9.17, 15) is 9.18 Å². The zero-order chi connectivity index (χ0) is 22.5. The average molecular weight is 434 g/mol. The normalized spacial score (nSPS) is 10.7. The monoisotopic (exact) mass is 434 g/mol. The maximum atomic E-state index is 13.5. The number of carbonyl (C=O) groups excluding carboxylic acids is 1. The second-order valence-corrected chi connectivity index (χ2v) is 6.71. The number of benzene rings is 2. The quantitative estimate of drug-likeness (QED) is 0.393. The molecule has 0 saturated carbocycles. The fraction of sp³-hybridized carbons (Fsp3) is 0.130. The molecule has 0 saturated heterocycles. The Morgan fingerprint density at radius 3 is 2.47 bits per heavy atom. The van der Waals surface area contributed by atoms with Gasteiger partial charge in [0.15, 0.2) is 6.79 Å². The summed E-state index contributed by atoms with van der Waals surface area (Å²) in [6.07, 6.45) is 2.97. The van der Waals surface area contributed by atoms with E-state index in [2.05, 4.69) is 15.1 Å². The summed E-state index contributed by atoms with van der Waals surface area (Å²) in [5, 5.41) is 4.19. The fourth-order valence-electron chi connectivity index (χ4n) is 3.17. The minimum Gasteiger partial charge on any atom is -0.468 e. The second kappa shape index (κ2) is 9.36. The molecule has 0 unspecified atom stereocenters. The molecule has 2 aromatic carbocycles. The summed E-state index contributed by atoms with van der Waals surface area (Å²) in [4.78, 5) is 22.3. The molecule has 9 heteroatoms. The number of ether oxygens (including phenoxy) is 2. The SMILES string of the molecule is COCOc1ccc(N(C(C)=O)c2onc(-c3ccc(F)cc3)c2-c2ccncn2)cc1. The number of amides is 1. The summed E-state index contributed by atoms with van der Waals surface area (Å²) in [5.74, 6) is 0.0932. The Bertz CT molecular complexity index is 1200. The van der Waals surface area contributed by atoms with Gasteiger partial charge in [-0.3, -0.25) is 4.79 Å². The van der Waals surface area contributed by atoms with Crippen LogP contribution in [0, 0.1) is 5.82 Å². The minimum atomic E-state index is -0.373. The Labute approximate surface area is 183 Å². The van der Waals surface area contributed by atoms with Crippen LogP contribution >= 0.6 is 0 Å². The van der Waals surface area contributed by atoms with Crippen molar-refractivity contribution in [2.45, 2.75) is 6.92 Å². The Morgan fingerprint density at radius 2 is 1.84 bits per heavy atom. The van der Waals surface area contributed by atoms with Gasteiger partial charge in [0.1, 0.15) is 23.6 Å². The van der Waals surface area contributed by atoms with Crippen LogP contribution in [-0.2, 0) is 9.53 Å². The van der Waals surface area contributed by atoms with Crippen molar-refractivity contribution in [2.75, 3.05) is 18.8 Å². The van der Waals surface area contributed by atoms with Crippen molar-refractivity contribution in [1.82, 2.24) is 15.1 Å². The first kappa shape index (κ1) is 21.1.